The number of likely N-dealkylation sites (N-methyl/N-ethyl adjacent to an activating group) is 2. The molecule has 1 unspecified atom stereocenters. The summed E-state index contributed by atoms with van der Waals surface area (Å²) in [6, 6.07) is 0.340. The van der Waals surface area contributed by atoms with E-state index in [1.54, 1.807) is 11.3 Å². The van der Waals surface area contributed by atoms with Crippen molar-refractivity contribution >= 4 is 16.5 Å². The summed E-state index contributed by atoms with van der Waals surface area (Å²) >= 11 is 1.72. The number of anilines is 1. The number of thiazole rings is 1. The summed E-state index contributed by atoms with van der Waals surface area (Å²) < 4.78 is 0. The molecular weight excluding hydrogens is 232 g/mol. The van der Waals surface area contributed by atoms with Gasteiger partial charge in [-0.15, -0.1) is 11.3 Å². The molecule has 0 fully saturated rings. The third kappa shape index (κ3) is 4.61. The van der Waals surface area contributed by atoms with E-state index in [9.17, 15) is 0 Å². The zero-order chi connectivity index (χ0) is 12.8. The van der Waals surface area contributed by atoms with Crippen molar-refractivity contribution in [3.8, 4) is 0 Å². The second-order valence-corrected chi connectivity index (χ2v) is 5.40. The van der Waals surface area contributed by atoms with Gasteiger partial charge in [-0.1, -0.05) is 6.92 Å². The molecule has 1 rings (SSSR count). The van der Waals surface area contributed by atoms with Gasteiger partial charge < -0.3 is 15.1 Å². The topological polar surface area (TPSA) is 31.4 Å². The Labute approximate surface area is 109 Å². The highest BCUT2D eigenvalue weighted by Gasteiger charge is 2.11. The summed E-state index contributed by atoms with van der Waals surface area (Å²) in [5.41, 5.74) is 1.14. The summed E-state index contributed by atoms with van der Waals surface area (Å²) in [6.45, 7) is 7.31. The first-order chi connectivity index (χ1) is 8.04. The van der Waals surface area contributed by atoms with Crippen LogP contribution in [0.5, 0.6) is 0 Å². The fourth-order valence-electron chi connectivity index (χ4n) is 1.51. The van der Waals surface area contributed by atoms with E-state index in [4.69, 9.17) is 0 Å². The van der Waals surface area contributed by atoms with Crippen molar-refractivity contribution in [1.29, 1.82) is 0 Å². The van der Waals surface area contributed by atoms with Gasteiger partial charge in [0.2, 0.25) is 0 Å². The van der Waals surface area contributed by atoms with Crippen LogP contribution in [-0.2, 0) is 0 Å². The molecule has 1 aromatic rings. The maximum Gasteiger partial charge on any atom is 0.185 e. The Morgan fingerprint density at radius 3 is 2.65 bits per heavy atom. The van der Waals surface area contributed by atoms with Crippen LogP contribution in [0.2, 0.25) is 0 Å². The van der Waals surface area contributed by atoms with Crippen LogP contribution in [0.3, 0.4) is 0 Å². The van der Waals surface area contributed by atoms with Crippen LogP contribution in [0.4, 0.5) is 5.13 Å². The fraction of sp³-hybridized carbons (Fsp3) is 0.750. The highest BCUT2D eigenvalue weighted by molar-refractivity contribution is 7.13. The van der Waals surface area contributed by atoms with Crippen LogP contribution in [-0.4, -0.2) is 50.7 Å². The Morgan fingerprint density at radius 2 is 2.06 bits per heavy atom. The van der Waals surface area contributed by atoms with Gasteiger partial charge in [-0.2, -0.15) is 0 Å². The summed E-state index contributed by atoms with van der Waals surface area (Å²) in [5.74, 6) is 0. The van der Waals surface area contributed by atoms with E-state index in [0.29, 0.717) is 6.04 Å². The molecule has 0 aliphatic carbocycles. The Kier molecular flexibility index (Phi) is 5.88. The minimum atomic E-state index is 0.340. The molecule has 98 valence electrons. The van der Waals surface area contributed by atoms with Gasteiger partial charge >= 0.3 is 0 Å². The number of aromatic nitrogens is 1. The predicted octanol–water partition coefficient (Wildman–Crippen LogP) is 1.81. The molecule has 1 heterocycles. The zero-order valence-corrected chi connectivity index (χ0v) is 12.3. The first-order valence-electron chi connectivity index (χ1n) is 6.09. The second kappa shape index (κ2) is 6.93. The van der Waals surface area contributed by atoms with Crippen molar-refractivity contribution in [3.63, 3.8) is 0 Å². The van der Waals surface area contributed by atoms with Gasteiger partial charge in [0.25, 0.3) is 0 Å². The molecule has 0 aromatic carbocycles. The van der Waals surface area contributed by atoms with Gasteiger partial charge in [0.05, 0.1) is 5.69 Å². The van der Waals surface area contributed by atoms with Crippen molar-refractivity contribution in [2.24, 2.45) is 0 Å². The van der Waals surface area contributed by atoms with E-state index in [1.807, 2.05) is 0 Å². The average molecular weight is 256 g/mol. The zero-order valence-electron chi connectivity index (χ0n) is 11.5. The summed E-state index contributed by atoms with van der Waals surface area (Å²) in [5, 5.41) is 6.63. The van der Waals surface area contributed by atoms with Gasteiger partial charge in [-0.25, -0.2) is 4.98 Å². The normalized spacial score (nSPS) is 13.1. The van der Waals surface area contributed by atoms with E-state index < -0.39 is 0 Å². The van der Waals surface area contributed by atoms with E-state index >= 15 is 0 Å². The van der Waals surface area contributed by atoms with Gasteiger partial charge in [-0.3, -0.25) is 0 Å². The molecule has 0 spiro atoms. The van der Waals surface area contributed by atoms with Gasteiger partial charge in [0.1, 0.15) is 0 Å². The molecular formula is C12H24N4S. The number of nitrogens with zero attached hydrogens (tertiary/aromatic N) is 3. The molecule has 4 nitrogen and oxygen atoms in total. The monoisotopic (exact) mass is 256 g/mol. The van der Waals surface area contributed by atoms with Crippen LogP contribution < -0.4 is 10.2 Å². The highest BCUT2D eigenvalue weighted by atomic mass is 32.1. The molecule has 0 saturated carbocycles. The molecule has 1 N–H and O–H groups in total. The summed E-state index contributed by atoms with van der Waals surface area (Å²) in [6.07, 6.45) is 0. The van der Waals surface area contributed by atoms with Crippen LogP contribution in [0, 0.1) is 0 Å². The summed E-state index contributed by atoms with van der Waals surface area (Å²) in [7, 11) is 6.28. The van der Waals surface area contributed by atoms with Gasteiger partial charge in [0, 0.05) is 31.6 Å². The third-order valence-corrected chi connectivity index (χ3v) is 3.65. The van der Waals surface area contributed by atoms with Crippen LogP contribution in [0.1, 0.15) is 25.6 Å². The van der Waals surface area contributed by atoms with Crippen molar-refractivity contribution in [2.75, 3.05) is 45.7 Å². The van der Waals surface area contributed by atoms with Crippen molar-refractivity contribution < 1.29 is 0 Å². The lowest BCUT2D eigenvalue weighted by atomic mass is 10.3. The Balaban J connectivity index is 2.54. The quantitative estimate of drug-likeness (QED) is 0.806. The molecule has 17 heavy (non-hydrogen) atoms. The smallest absolute Gasteiger partial charge is 0.185 e. The van der Waals surface area contributed by atoms with E-state index in [0.717, 1.165) is 30.5 Å². The lowest BCUT2D eigenvalue weighted by Crippen LogP contribution is -2.28. The lowest BCUT2D eigenvalue weighted by molar-refractivity contribution is 0.416. The predicted molar refractivity (Wildman–Crippen MR) is 76.0 cm³/mol. The van der Waals surface area contributed by atoms with Gasteiger partial charge in [0.15, 0.2) is 5.13 Å². The maximum absolute atomic E-state index is 4.67. The average Bonchev–Trinajstić information content (AvgIpc) is 2.75. The molecule has 0 amide bonds. The largest absolute Gasteiger partial charge is 0.350 e. The van der Waals surface area contributed by atoms with Crippen LogP contribution >= 0.6 is 11.3 Å². The number of hydrogen-bond acceptors (Lipinski definition) is 5. The van der Waals surface area contributed by atoms with Crippen LogP contribution in [0.25, 0.3) is 0 Å². The minimum absolute atomic E-state index is 0.340. The van der Waals surface area contributed by atoms with Gasteiger partial charge in [-0.05, 0) is 27.6 Å². The molecule has 0 radical (unpaired) electrons. The van der Waals surface area contributed by atoms with E-state index in [-0.39, 0.29) is 0 Å². The lowest BCUT2D eigenvalue weighted by Gasteiger charge is -2.18. The Bertz CT molecular complexity index is 324. The number of rotatable bonds is 7. The second-order valence-electron chi connectivity index (χ2n) is 4.56. The Hall–Kier alpha value is -0.650. The first kappa shape index (κ1) is 14.4. The fourth-order valence-corrected chi connectivity index (χ4v) is 2.42. The highest BCUT2D eigenvalue weighted by Crippen LogP contribution is 2.22. The molecule has 1 aromatic heterocycles. The molecule has 0 bridgehead atoms. The molecule has 0 saturated heterocycles. The first-order valence-corrected chi connectivity index (χ1v) is 6.97. The van der Waals surface area contributed by atoms with E-state index in [1.165, 1.54) is 0 Å². The standard InChI is InChI=1S/C12H24N4S/c1-6-13-10(2)11-9-17-12(14-11)16(5)8-7-15(3)4/h9-10,13H,6-8H2,1-5H3. The van der Waals surface area contributed by atoms with Crippen molar-refractivity contribution in [2.45, 2.75) is 19.9 Å². The maximum atomic E-state index is 4.67. The SMILES string of the molecule is CCNC(C)c1csc(N(C)CCN(C)C)n1. The molecule has 5 heteroatoms. The minimum Gasteiger partial charge on any atom is -0.350 e. The molecule has 1 atom stereocenters. The van der Waals surface area contributed by atoms with Crippen molar-refractivity contribution in [3.05, 3.63) is 11.1 Å². The molecule has 0 aliphatic heterocycles. The molecule has 0 aliphatic rings. The third-order valence-electron chi connectivity index (χ3n) is 2.67. The van der Waals surface area contributed by atoms with Crippen molar-refractivity contribution in [1.82, 2.24) is 15.2 Å². The number of nitrogens with one attached hydrogen (secondary N) is 1. The summed E-state index contributed by atoms with van der Waals surface area (Å²) in [4.78, 5) is 9.07. The van der Waals surface area contributed by atoms with E-state index in [2.05, 4.69) is 60.5 Å². The Morgan fingerprint density at radius 1 is 1.35 bits per heavy atom. The van der Waals surface area contributed by atoms with Crippen LogP contribution in [0.15, 0.2) is 5.38 Å². The number of hydrogen-bond donors (Lipinski definition) is 1.